The highest BCUT2D eigenvalue weighted by atomic mass is 16.2. The minimum atomic E-state index is 0.146. The molecule has 30 heavy (non-hydrogen) atoms. The number of hydrogen-bond donors (Lipinski definition) is 1. The molecule has 4 aromatic rings. The summed E-state index contributed by atoms with van der Waals surface area (Å²) in [6.45, 7) is 2.53. The van der Waals surface area contributed by atoms with E-state index in [1.165, 1.54) is 0 Å². The first-order valence-corrected chi connectivity index (χ1v) is 10.6. The standard InChI is InChI=1S/C24H25N5O/c30-24(19-6-2-1-3-7-19)28-11-4-5-18(10-12-28)17-29-23-9-8-20(13-21(23)16-27-29)22-14-25-26-15-22/h1-3,6-9,13-16,18H,4-5,10-12,17H2,(H,25,26). The van der Waals surface area contributed by atoms with Crippen LogP contribution in [0.15, 0.2) is 67.1 Å². The summed E-state index contributed by atoms with van der Waals surface area (Å²) >= 11 is 0. The number of benzene rings is 2. The predicted molar refractivity (Wildman–Crippen MR) is 117 cm³/mol. The Morgan fingerprint density at radius 2 is 1.93 bits per heavy atom. The Kier molecular flexibility index (Phi) is 5.05. The third kappa shape index (κ3) is 3.73. The van der Waals surface area contributed by atoms with Gasteiger partial charge in [-0.25, -0.2) is 0 Å². The molecule has 1 amide bonds. The van der Waals surface area contributed by atoms with Crippen molar-refractivity contribution >= 4 is 16.8 Å². The zero-order valence-corrected chi connectivity index (χ0v) is 16.9. The van der Waals surface area contributed by atoms with Crippen molar-refractivity contribution in [3.63, 3.8) is 0 Å². The molecule has 1 N–H and O–H groups in total. The van der Waals surface area contributed by atoms with Gasteiger partial charge in [0.15, 0.2) is 0 Å². The Morgan fingerprint density at radius 1 is 1.03 bits per heavy atom. The lowest BCUT2D eigenvalue weighted by Gasteiger charge is -2.21. The van der Waals surface area contributed by atoms with Crippen LogP contribution < -0.4 is 0 Å². The van der Waals surface area contributed by atoms with E-state index >= 15 is 0 Å². The van der Waals surface area contributed by atoms with Crippen LogP contribution in [-0.4, -0.2) is 43.9 Å². The van der Waals surface area contributed by atoms with E-state index in [2.05, 4.69) is 38.2 Å². The van der Waals surface area contributed by atoms with Gasteiger partial charge in [0.05, 0.1) is 17.9 Å². The number of H-pyrrole nitrogens is 1. The van der Waals surface area contributed by atoms with E-state index in [9.17, 15) is 4.79 Å². The van der Waals surface area contributed by atoms with Crippen molar-refractivity contribution in [2.45, 2.75) is 25.8 Å². The first-order valence-electron chi connectivity index (χ1n) is 10.6. The molecule has 5 rings (SSSR count). The average molecular weight is 399 g/mol. The van der Waals surface area contributed by atoms with Crippen molar-refractivity contribution in [3.8, 4) is 11.1 Å². The molecule has 1 fully saturated rings. The Balaban J connectivity index is 1.27. The number of nitrogens with zero attached hydrogens (tertiary/aromatic N) is 4. The van der Waals surface area contributed by atoms with E-state index in [0.717, 1.165) is 66.5 Å². The fourth-order valence-electron chi connectivity index (χ4n) is 4.38. The molecule has 0 saturated carbocycles. The van der Waals surface area contributed by atoms with Crippen LogP contribution in [-0.2, 0) is 6.54 Å². The number of amides is 1. The van der Waals surface area contributed by atoms with Gasteiger partial charge in [0.1, 0.15) is 0 Å². The van der Waals surface area contributed by atoms with Crippen molar-refractivity contribution in [3.05, 3.63) is 72.7 Å². The summed E-state index contributed by atoms with van der Waals surface area (Å²) in [6.07, 6.45) is 8.84. The lowest BCUT2D eigenvalue weighted by molar-refractivity contribution is 0.0759. The number of hydrogen-bond acceptors (Lipinski definition) is 3. The van der Waals surface area contributed by atoms with Gasteiger partial charge in [-0.05, 0) is 55.0 Å². The molecule has 0 bridgehead atoms. The maximum atomic E-state index is 12.8. The molecule has 3 heterocycles. The van der Waals surface area contributed by atoms with Gasteiger partial charge in [-0.3, -0.25) is 14.6 Å². The van der Waals surface area contributed by atoms with E-state index in [4.69, 9.17) is 0 Å². The lowest BCUT2D eigenvalue weighted by Crippen LogP contribution is -2.32. The molecule has 1 unspecified atom stereocenters. The van der Waals surface area contributed by atoms with Gasteiger partial charge in [-0.2, -0.15) is 10.2 Å². The van der Waals surface area contributed by atoms with Crippen LogP contribution in [0, 0.1) is 5.92 Å². The molecule has 2 aromatic heterocycles. The summed E-state index contributed by atoms with van der Waals surface area (Å²) in [4.78, 5) is 14.8. The number of fused-ring (bicyclic) bond motifs is 1. The lowest BCUT2D eigenvalue weighted by atomic mass is 10.0. The third-order valence-electron chi connectivity index (χ3n) is 6.06. The van der Waals surface area contributed by atoms with Gasteiger partial charge in [0.25, 0.3) is 5.91 Å². The summed E-state index contributed by atoms with van der Waals surface area (Å²) in [5, 5.41) is 12.7. The Morgan fingerprint density at radius 3 is 2.77 bits per heavy atom. The molecular weight excluding hydrogens is 374 g/mol. The number of nitrogens with one attached hydrogen (secondary N) is 1. The van der Waals surface area contributed by atoms with E-state index in [0.29, 0.717) is 5.92 Å². The monoisotopic (exact) mass is 399 g/mol. The first kappa shape index (κ1) is 18.6. The highest BCUT2D eigenvalue weighted by molar-refractivity contribution is 5.94. The summed E-state index contributed by atoms with van der Waals surface area (Å²) in [6, 6.07) is 16.0. The molecular formula is C24H25N5O. The normalized spacial score (nSPS) is 17.2. The average Bonchev–Trinajstić information content (AvgIpc) is 3.40. The quantitative estimate of drug-likeness (QED) is 0.554. The summed E-state index contributed by atoms with van der Waals surface area (Å²) in [5.74, 6) is 0.669. The van der Waals surface area contributed by atoms with E-state index in [1.54, 1.807) is 0 Å². The van der Waals surface area contributed by atoms with Crippen LogP contribution in [0.25, 0.3) is 22.0 Å². The van der Waals surface area contributed by atoms with Crippen LogP contribution in [0.5, 0.6) is 0 Å². The van der Waals surface area contributed by atoms with Crippen LogP contribution in [0.1, 0.15) is 29.6 Å². The van der Waals surface area contributed by atoms with Crippen LogP contribution in [0.2, 0.25) is 0 Å². The maximum Gasteiger partial charge on any atom is 0.253 e. The molecule has 1 saturated heterocycles. The molecule has 6 heteroatoms. The number of carbonyl (C=O) groups excluding carboxylic acids is 1. The first-order chi connectivity index (χ1) is 14.8. The van der Waals surface area contributed by atoms with Gasteiger partial charge in [-0.15, -0.1) is 0 Å². The van der Waals surface area contributed by atoms with Gasteiger partial charge in [-0.1, -0.05) is 24.3 Å². The minimum absolute atomic E-state index is 0.146. The highest BCUT2D eigenvalue weighted by Gasteiger charge is 2.22. The Hall–Kier alpha value is -3.41. The molecule has 2 aromatic carbocycles. The van der Waals surface area contributed by atoms with Gasteiger partial charge >= 0.3 is 0 Å². The molecule has 6 nitrogen and oxygen atoms in total. The van der Waals surface area contributed by atoms with Gasteiger partial charge in [0, 0.05) is 42.3 Å². The molecule has 0 aliphatic carbocycles. The largest absolute Gasteiger partial charge is 0.339 e. The zero-order valence-electron chi connectivity index (χ0n) is 16.9. The molecule has 0 radical (unpaired) electrons. The number of aromatic nitrogens is 4. The van der Waals surface area contributed by atoms with E-state index < -0.39 is 0 Å². The Labute approximate surface area is 175 Å². The van der Waals surface area contributed by atoms with Crippen LogP contribution >= 0.6 is 0 Å². The second-order valence-corrected chi connectivity index (χ2v) is 8.04. The molecule has 1 atom stereocenters. The molecule has 1 aliphatic heterocycles. The fourth-order valence-corrected chi connectivity index (χ4v) is 4.38. The molecule has 0 spiro atoms. The number of rotatable bonds is 4. The van der Waals surface area contributed by atoms with Crippen molar-refractivity contribution in [2.24, 2.45) is 5.92 Å². The van der Waals surface area contributed by atoms with Crippen molar-refractivity contribution in [1.82, 2.24) is 24.9 Å². The SMILES string of the molecule is O=C(c1ccccc1)N1CCCC(Cn2ncc3cc(-c4cn[nH]c4)ccc32)CC1. The number of likely N-dealkylation sites (tertiary alicyclic amines) is 1. The van der Waals surface area contributed by atoms with E-state index in [1.807, 2.05) is 53.8 Å². The van der Waals surface area contributed by atoms with E-state index in [-0.39, 0.29) is 5.91 Å². The topological polar surface area (TPSA) is 66.8 Å². The predicted octanol–water partition coefficient (Wildman–Crippen LogP) is 4.37. The van der Waals surface area contributed by atoms with Crippen LogP contribution in [0.3, 0.4) is 0 Å². The van der Waals surface area contributed by atoms with Crippen LogP contribution in [0.4, 0.5) is 0 Å². The summed E-state index contributed by atoms with van der Waals surface area (Å²) < 4.78 is 2.12. The molecule has 1 aliphatic rings. The van der Waals surface area contributed by atoms with Gasteiger partial charge in [0.2, 0.25) is 0 Å². The minimum Gasteiger partial charge on any atom is -0.339 e. The summed E-state index contributed by atoms with van der Waals surface area (Å²) in [5.41, 5.74) is 4.16. The van der Waals surface area contributed by atoms with Crippen molar-refractivity contribution < 1.29 is 4.79 Å². The fraction of sp³-hybridized carbons (Fsp3) is 0.292. The van der Waals surface area contributed by atoms with Crippen molar-refractivity contribution in [2.75, 3.05) is 13.1 Å². The van der Waals surface area contributed by atoms with Gasteiger partial charge < -0.3 is 4.90 Å². The summed E-state index contributed by atoms with van der Waals surface area (Å²) in [7, 11) is 0. The number of aromatic amines is 1. The Bertz CT molecular complexity index is 1130. The maximum absolute atomic E-state index is 12.8. The third-order valence-corrected chi connectivity index (χ3v) is 6.06. The zero-order chi connectivity index (χ0) is 20.3. The smallest absolute Gasteiger partial charge is 0.253 e. The second kappa shape index (κ2) is 8.14. The second-order valence-electron chi connectivity index (χ2n) is 8.04. The number of carbonyl (C=O) groups is 1. The highest BCUT2D eigenvalue weighted by Crippen LogP contribution is 2.26. The van der Waals surface area contributed by atoms with Crippen molar-refractivity contribution in [1.29, 1.82) is 0 Å². The molecule has 152 valence electrons.